The van der Waals surface area contributed by atoms with Gasteiger partial charge in [0.2, 0.25) is 0 Å². The Balaban J connectivity index is 1.85. The van der Waals surface area contributed by atoms with Crippen LogP contribution in [0.15, 0.2) is 48.5 Å². The summed E-state index contributed by atoms with van der Waals surface area (Å²) in [6, 6.07) is 15.1. The van der Waals surface area contributed by atoms with Crippen molar-refractivity contribution in [3.8, 4) is 11.5 Å². The van der Waals surface area contributed by atoms with E-state index in [-0.39, 0.29) is 6.61 Å². The first kappa shape index (κ1) is 22.3. The third-order valence-electron chi connectivity index (χ3n) is 4.77. The van der Waals surface area contributed by atoms with Gasteiger partial charge in [0.25, 0.3) is 11.8 Å². The molecule has 0 aromatic heterocycles. The summed E-state index contributed by atoms with van der Waals surface area (Å²) in [5.74, 6) is 0.800. The first-order valence-corrected chi connectivity index (χ1v) is 9.98. The Morgan fingerprint density at radius 1 is 0.931 bits per heavy atom. The molecule has 29 heavy (non-hydrogen) atoms. The van der Waals surface area contributed by atoms with Crippen molar-refractivity contribution in [2.45, 2.75) is 52.6 Å². The zero-order chi connectivity index (χ0) is 21.2. The number of amides is 2. The molecule has 0 bridgehead atoms. The Hall–Kier alpha value is -3.02. The molecule has 0 spiro atoms. The Morgan fingerprint density at radius 2 is 1.59 bits per heavy atom. The van der Waals surface area contributed by atoms with Gasteiger partial charge in [-0.05, 0) is 48.9 Å². The van der Waals surface area contributed by atoms with Gasteiger partial charge in [-0.2, -0.15) is 0 Å². The summed E-state index contributed by atoms with van der Waals surface area (Å²) < 4.78 is 11.4. The Morgan fingerprint density at radius 3 is 2.24 bits per heavy atom. The van der Waals surface area contributed by atoms with Gasteiger partial charge in [-0.1, -0.05) is 57.2 Å². The number of nitrogens with one attached hydrogen (secondary N) is 2. The SMILES string of the molecule is CCC(Oc1ccccc1C)C(=O)NNC(=O)COc1ccccc1C(C)CC. The normalized spacial score (nSPS) is 12.6. The predicted molar refractivity (Wildman–Crippen MR) is 113 cm³/mol. The van der Waals surface area contributed by atoms with Gasteiger partial charge in [-0.3, -0.25) is 20.4 Å². The van der Waals surface area contributed by atoms with Crippen LogP contribution in [-0.2, 0) is 9.59 Å². The molecule has 2 aromatic rings. The molecule has 2 amide bonds. The van der Waals surface area contributed by atoms with Gasteiger partial charge in [0.15, 0.2) is 12.7 Å². The number of rotatable bonds is 9. The van der Waals surface area contributed by atoms with Gasteiger partial charge < -0.3 is 9.47 Å². The third kappa shape index (κ3) is 6.52. The molecular formula is C23H30N2O4. The second kappa shape index (κ2) is 11.1. The minimum atomic E-state index is -0.705. The Kier molecular flexibility index (Phi) is 8.52. The van der Waals surface area contributed by atoms with Crippen molar-refractivity contribution in [3.63, 3.8) is 0 Å². The van der Waals surface area contributed by atoms with E-state index in [1.165, 1.54) is 0 Å². The maximum Gasteiger partial charge on any atom is 0.279 e. The second-order valence-corrected chi connectivity index (χ2v) is 6.95. The number of hydrazine groups is 1. The molecule has 2 unspecified atom stereocenters. The fourth-order valence-electron chi connectivity index (χ4n) is 2.79. The summed E-state index contributed by atoms with van der Waals surface area (Å²) in [6.45, 7) is 7.79. The zero-order valence-electron chi connectivity index (χ0n) is 17.5. The summed E-state index contributed by atoms with van der Waals surface area (Å²) in [7, 11) is 0. The minimum Gasteiger partial charge on any atom is -0.483 e. The average Bonchev–Trinajstić information content (AvgIpc) is 2.75. The lowest BCUT2D eigenvalue weighted by Gasteiger charge is -2.19. The lowest BCUT2D eigenvalue weighted by Crippen LogP contribution is -2.49. The third-order valence-corrected chi connectivity index (χ3v) is 4.77. The number of benzene rings is 2. The van der Waals surface area contributed by atoms with E-state index in [1.54, 1.807) is 0 Å². The van der Waals surface area contributed by atoms with Crippen LogP contribution in [-0.4, -0.2) is 24.5 Å². The van der Waals surface area contributed by atoms with Gasteiger partial charge >= 0.3 is 0 Å². The largest absolute Gasteiger partial charge is 0.483 e. The van der Waals surface area contributed by atoms with Crippen molar-refractivity contribution in [2.24, 2.45) is 0 Å². The van der Waals surface area contributed by atoms with Crippen LogP contribution in [0.3, 0.4) is 0 Å². The lowest BCUT2D eigenvalue weighted by atomic mass is 9.98. The molecule has 6 nitrogen and oxygen atoms in total. The molecule has 156 valence electrons. The fourth-order valence-corrected chi connectivity index (χ4v) is 2.79. The summed E-state index contributed by atoms with van der Waals surface area (Å²) in [5, 5.41) is 0. The molecule has 0 aliphatic carbocycles. The zero-order valence-corrected chi connectivity index (χ0v) is 17.5. The van der Waals surface area contributed by atoms with Crippen LogP contribution in [0.5, 0.6) is 11.5 Å². The maximum absolute atomic E-state index is 12.4. The smallest absolute Gasteiger partial charge is 0.279 e. The van der Waals surface area contributed by atoms with Gasteiger partial charge in [-0.25, -0.2) is 0 Å². The number of ether oxygens (including phenoxy) is 2. The van der Waals surface area contributed by atoms with E-state index in [0.29, 0.717) is 23.8 Å². The van der Waals surface area contributed by atoms with Crippen molar-refractivity contribution >= 4 is 11.8 Å². The first-order valence-electron chi connectivity index (χ1n) is 9.98. The molecule has 0 saturated carbocycles. The van der Waals surface area contributed by atoms with Crippen LogP contribution in [0.2, 0.25) is 0 Å². The minimum absolute atomic E-state index is 0.191. The molecule has 6 heteroatoms. The van der Waals surface area contributed by atoms with E-state index < -0.39 is 17.9 Å². The molecule has 2 N–H and O–H groups in total. The first-order chi connectivity index (χ1) is 14.0. The van der Waals surface area contributed by atoms with Crippen LogP contribution in [0, 0.1) is 6.92 Å². The quantitative estimate of drug-likeness (QED) is 0.628. The number of para-hydroxylation sites is 2. The maximum atomic E-state index is 12.4. The summed E-state index contributed by atoms with van der Waals surface area (Å²) in [4.78, 5) is 24.5. The monoisotopic (exact) mass is 398 g/mol. The van der Waals surface area contributed by atoms with E-state index >= 15 is 0 Å². The van der Waals surface area contributed by atoms with Crippen molar-refractivity contribution < 1.29 is 19.1 Å². The van der Waals surface area contributed by atoms with Crippen molar-refractivity contribution in [1.29, 1.82) is 0 Å². The average molecular weight is 399 g/mol. The van der Waals surface area contributed by atoms with Gasteiger partial charge in [-0.15, -0.1) is 0 Å². The highest BCUT2D eigenvalue weighted by atomic mass is 16.5. The van der Waals surface area contributed by atoms with Crippen LogP contribution >= 0.6 is 0 Å². The van der Waals surface area contributed by atoms with Crippen LogP contribution < -0.4 is 20.3 Å². The summed E-state index contributed by atoms with van der Waals surface area (Å²) >= 11 is 0. The molecule has 0 fully saturated rings. The van der Waals surface area contributed by atoms with E-state index in [4.69, 9.17) is 9.47 Å². The van der Waals surface area contributed by atoms with E-state index in [2.05, 4.69) is 24.7 Å². The van der Waals surface area contributed by atoms with E-state index in [1.807, 2.05) is 62.4 Å². The molecule has 0 radical (unpaired) electrons. The van der Waals surface area contributed by atoms with Gasteiger partial charge in [0, 0.05) is 0 Å². The predicted octanol–water partition coefficient (Wildman–Crippen LogP) is 3.89. The van der Waals surface area contributed by atoms with Gasteiger partial charge in [0.05, 0.1) is 0 Å². The number of hydrogen-bond donors (Lipinski definition) is 2. The van der Waals surface area contributed by atoms with E-state index in [0.717, 1.165) is 17.5 Å². The second-order valence-electron chi connectivity index (χ2n) is 6.95. The summed E-state index contributed by atoms with van der Waals surface area (Å²) in [6.07, 6.45) is 0.736. The number of carbonyl (C=O) groups is 2. The summed E-state index contributed by atoms with van der Waals surface area (Å²) in [5.41, 5.74) is 6.80. The molecule has 0 aliphatic rings. The number of carbonyl (C=O) groups excluding carboxylic acids is 2. The Labute approximate surface area is 172 Å². The van der Waals surface area contributed by atoms with Crippen molar-refractivity contribution in [3.05, 3.63) is 59.7 Å². The lowest BCUT2D eigenvalue weighted by molar-refractivity contribution is -0.134. The standard InChI is InChI=1S/C23H30N2O4/c1-5-16(3)18-12-8-10-14-21(18)28-15-22(26)24-25-23(27)19(6-2)29-20-13-9-7-11-17(20)4/h7-14,16,19H,5-6,15H2,1-4H3,(H,24,26)(H,25,27). The highest BCUT2D eigenvalue weighted by Crippen LogP contribution is 2.28. The van der Waals surface area contributed by atoms with Crippen LogP contribution in [0.1, 0.15) is 50.7 Å². The molecule has 0 saturated heterocycles. The van der Waals surface area contributed by atoms with E-state index in [9.17, 15) is 9.59 Å². The molecule has 0 heterocycles. The Bertz CT molecular complexity index is 822. The van der Waals surface area contributed by atoms with Crippen LogP contribution in [0.25, 0.3) is 0 Å². The highest BCUT2D eigenvalue weighted by Gasteiger charge is 2.20. The molecule has 2 rings (SSSR count). The molecule has 0 aliphatic heterocycles. The number of aryl methyl sites for hydroxylation is 1. The van der Waals surface area contributed by atoms with Crippen LogP contribution in [0.4, 0.5) is 0 Å². The fraction of sp³-hybridized carbons (Fsp3) is 0.391. The molecule has 2 aromatic carbocycles. The topological polar surface area (TPSA) is 76.7 Å². The molecule has 2 atom stereocenters. The molecular weight excluding hydrogens is 368 g/mol. The van der Waals surface area contributed by atoms with Crippen molar-refractivity contribution in [2.75, 3.05) is 6.61 Å². The van der Waals surface area contributed by atoms with Gasteiger partial charge in [0.1, 0.15) is 11.5 Å². The highest BCUT2D eigenvalue weighted by molar-refractivity contribution is 5.85. The van der Waals surface area contributed by atoms with Crippen molar-refractivity contribution in [1.82, 2.24) is 10.9 Å². The number of hydrogen-bond acceptors (Lipinski definition) is 4.